The molecule has 2 aromatic rings. The minimum Gasteiger partial charge on any atom is -0.252 e. The van der Waals surface area contributed by atoms with Gasteiger partial charge in [0.2, 0.25) is 0 Å². The molecule has 0 saturated heterocycles. The van der Waals surface area contributed by atoms with Gasteiger partial charge < -0.3 is 0 Å². The number of para-hydroxylation sites is 1. The van der Waals surface area contributed by atoms with E-state index < -0.39 is 0 Å². The molecule has 1 heterocycles. The summed E-state index contributed by atoms with van der Waals surface area (Å²) in [4.78, 5) is 12.6. The van der Waals surface area contributed by atoms with Crippen LogP contribution in [0, 0.1) is 13.8 Å². The SMILES string of the molecule is Cc1cccc(C)c1N=Cc1ncccn1.[Ni+2]. The maximum absolute atomic E-state index is 4.43. The largest absolute Gasteiger partial charge is 2.00 e. The van der Waals surface area contributed by atoms with E-state index in [1.54, 1.807) is 24.7 Å². The van der Waals surface area contributed by atoms with Gasteiger partial charge in [0.15, 0.2) is 5.82 Å². The fraction of sp³-hybridized carbons (Fsp3) is 0.154. The summed E-state index contributed by atoms with van der Waals surface area (Å²) >= 11 is 0. The Morgan fingerprint density at radius 1 is 1.00 bits per heavy atom. The summed E-state index contributed by atoms with van der Waals surface area (Å²) in [7, 11) is 0. The van der Waals surface area contributed by atoms with Gasteiger partial charge in [0.05, 0.1) is 11.9 Å². The Morgan fingerprint density at radius 3 is 2.18 bits per heavy atom. The van der Waals surface area contributed by atoms with E-state index >= 15 is 0 Å². The van der Waals surface area contributed by atoms with Crippen LogP contribution in [0.15, 0.2) is 41.7 Å². The molecule has 2 rings (SSSR count). The van der Waals surface area contributed by atoms with Crippen LogP contribution in [0.5, 0.6) is 0 Å². The molecule has 1 aromatic carbocycles. The summed E-state index contributed by atoms with van der Waals surface area (Å²) in [6.45, 7) is 4.09. The quantitative estimate of drug-likeness (QED) is 0.621. The van der Waals surface area contributed by atoms with Crippen molar-refractivity contribution >= 4 is 11.9 Å². The van der Waals surface area contributed by atoms with Gasteiger partial charge in [-0.05, 0) is 31.0 Å². The summed E-state index contributed by atoms with van der Waals surface area (Å²) in [5.74, 6) is 0.630. The zero-order valence-electron chi connectivity index (χ0n) is 9.70. The summed E-state index contributed by atoms with van der Waals surface area (Å²) in [6, 6.07) is 7.91. The number of hydrogen-bond acceptors (Lipinski definition) is 3. The van der Waals surface area contributed by atoms with Crippen molar-refractivity contribution in [2.75, 3.05) is 0 Å². The summed E-state index contributed by atoms with van der Waals surface area (Å²) < 4.78 is 0. The fourth-order valence-corrected chi connectivity index (χ4v) is 1.51. The standard InChI is InChI=1S/C13H13N3.Ni/c1-10-5-3-6-11(2)13(10)16-9-12-14-7-4-8-15-12;/h3-9H,1-2H3;/q;+2. The summed E-state index contributed by atoms with van der Waals surface area (Å²) in [5.41, 5.74) is 3.31. The van der Waals surface area contributed by atoms with E-state index in [9.17, 15) is 0 Å². The van der Waals surface area contributed by atoms with Crippen LogP contribution in [0.4, 0.5) is 5.69 Å². The average Bonchev–Trinajstić information content (AvgIpc) is 2.30. The molecule has 3 nitrogen and oxygen atoms in total. The van der Waals surface area contributed by atoms with Gasteiger partial charge in [-0.25, -0.2) is 9.97 Å². The Labute approximate surface area is 111 Å². The molecule has 1 aromatic heterocycles. The average molecular weight is 270 g/mol. The Kier molecular flexibility index (Phi) is 4.98. The van der Waals surface area contributed by atoms with Crippen molar-refractivity contribution in [3.63, 3.8) is 0 Å². The van der Waals surface area contributed by atoms with Crippen molar-refractivity contribution < 1.29 is 16.5 Å². The second-order valence-corrected chi connectivity index (χ2v) is 3.61. The topological polar surface area (TPSA) is 38.1 Å². The molecular formula is C13H13N3Ni+2. The third-order valence-corrected chi connectivity index (χ3v) is 2.33. The molecule has 0 N–H and O–H groups in total. The van der Waals surface area contributed by atoms with Crippen LogP contribution in [0.2, 0.25) is 0 Å². The molecule has 0 aliphatic heterocycles. The van der Waals surface area contributed by atoms with E-state index in [0.717, 1.165) is 16.8 Å². The van der Waals surface area contributed by atoms with E-state index in [1.165, 1.54) is 0 Å². The number of aliphatic imine (C=N–C) groups is 1. The van der Waals surface area contributed by atoms with E-state index in [2.05, 4.69) is 15.0 Å². The Balaban J connectivity index is 0.00000144. The molecule has 4 heteroatoms. The van der Waals surface area contributed by atoms with Crippen molar-refractivity contribution in [1.29, 1.82) is 0 Å². The molecule has 0 saturated carbocycles. The molecule has 0 aliphatic carbocycles. The zero-order chi connectivity index (χ0) is 11.4. The van der Waals surface area contributed by atoms with Crippen LogP contribution in [0.25, 0.3) is 0 Å². The Morgan fingerprint density at radius 2 is 1.59 bits per heavy atom. The summed E-state index contributed by atoms with van der Waals surface area (Å²) in [6.07, 6.45) is 5.10. The maximum Gasteiger partial charge on any atom is 2.00 e. The Hall–Kier alpha value is -1.54. The van der Waals surface area contributed by atoms with E-state index in [0.29, 0.717) is 5.82 Å². The molecule has 0 aliphatic rings. The molecule has 88 valence electrons. The van der Waals surface area contributed by atoms with Crippen LogP contribution in [0.1, 0.15) is 17.0 Å². The molecule has 17 heavy (non-hydrogen) atoms. The molecule has 0 amide bonds. The second kappa shape index (κ2) is 6.26. The van der Waals surface area contributed by atoms with Gasteiger partial charge in [0.1, 0.15) is 0 Å². The maximum atomic E-state index is 4.43. The van der Waals surface area contributed by atoms with Crippen molar-refractivity contribution in [2.24, 2.45) is 4.99 Å². The van der Waals surface area contributed by atoms with Crippen LogP contribution in [-0.4, -0.2) is 16.2 Å². The third kappa shape index (κ3) is 3.47. The number of aromatic nitrogens is 2. The molecule has 0 atom stereocenters. The van der Waals surface area contributed by atoms with Crippen molar-refractivity contribution in [3.05, 3.63) is 53.6 Å². The second-order valence-electron chi connectivity index (χ2n) is 3.61. The van der Waals surface area contributed by atoms with Crippen LogP contribution >= 0.6 is 0 Å². The number of rotatable bonds is 2. The predicted molar refractivity (Wildman–Crippen MR) is 65.2 cm³/mol. The monoisotopic (exact) mass is 269 g/mol. The first-order valence-electron chi connectivity index (χ1n) is 5.14. The Bertz CT molecular complexity index is 489. The molecule has 0 unspecified atom stereocenters. The predicted octanol–water partition coefficient (Wildman–Crippen LogP) is 2.84. The first-order valence-corrected chi connectivity index (χ1v) is 5.14. The van der Waals surface area contributed by atoms with Gasteiger partial charge in [-0.15, -0.1) is 0 Å². The number of benzene rings is 1. The first kappa shape index (κ1) is 13.5. The molecule has 0 fully saturated rings. The smallest absolute Gasteiger partial charge is 0.252 e. The van der Waals surface area contributed by atoms with Gasteiger partial charge >= 0.3 is 16.5 Å². The molecule has 0 bridgehead atoms. The summed E-state index contributed by atoms with van der Waals surface area (Å²) in [5, 5.41) is 0. The minimum atomic E-state index is 0. The molecule has 0 radical (unpaired) electrons. The number of nitrogens with zero attached hydrogens (tertiary/aromatic N) is 3. The van der Waals surface area contributed by atoms with Crippen molar-refractivity contribution in [1.82, 2.24) is 9.97 Å². The van der Waals surface area contributed by atoms with E-state index in [1.807, 2.05) is 32.0 Å². The zero-order valence-corrected chi connectivity index (χ0v) is 10.7. The minimum absolute atomic E-state index is 0. The van der Waals surface area contributed by atoms with Crippen molar-refractivity contribution in [3.8, 4) is 0 Å². The van der Waals surface area contributed by atoms with Gasteiger partial charge in [-0.1, -0.05) is 18.2 Å². The van der Waals surface area contributed by atoms with Crippen molar-refractivity contribution in [2.45, 2.75) is 13.8 Å². The van der Waals surface area contributed by atoms with Gasteiger partial charge in [-0.3, -0.25) is 4.99 Å². The molecule has 0 spiro atoms. The molecular weight excluding hydrogens is 257 g/mol. The number of aryl methyl sites for hydroxylation is 2. The van der Waals surface area contributed by atoms with Crippen LogP contribution < -0.4 is 0 Å². The van der Waals surface area contributed by atoms with Crippen LogP contribution in [-0.2, 0) is 16.5 Å². The number of hydrogen-bond donors (Lipinski definition) is 0. The fourth-order valence-electron chi connectivity index (χ4n) is 1.51. The van der Waals surface area contributed by atoms with Crippen LogP contribution in [0.3, 0.4) is 0 Å². The van der Waals surface area contributed by atoms with E-state index in [4.69, 9.17) is 0 Å². The van der Waals surface area contributed by atoms with Gasteiger partial charge in [0.25, 0.3) is 0 Å². The third-order valence-electron chi connectivity index (χ3n) is 2.33. The normalized spacial score (nSPS) is 10.2. The van der Waals surface area contributed by atoms with E-state index in [-0.39, 0.29) is 16.5 Å². The van der Waals surface area contributed by atoms with Gasteiger partial charge in [0, 0.05) is 12.4 Å². The first-order chi connectivity index (χ1) is 7.77. The van der Waals surface area contributed by atoms with Gasteiger partial charge in [-0.2, -0.15) is 0 Å².